The first-order valence-corrected chi connectivity index (χ1v) is 6.85. The Morgan fingerprint density at radius 3 is 2.67 bits per heavy atom. The van der Waals surface area contributed by atoms with Crippen LogP contribution in [-0.4, -0.2) is 37.1 Å². The van der Waals surface area contributed by atoms with Crippen LogP contribution in [0.4, 0.5) is 0 Å². The van der Waals surface area contributed by atoms with Crippen molar-refractivity contribution in [3.8, 4) is 0 Å². The molecule has 1 N–H and O–H groups in total. The first kappa shape index (κ1) is 11.4. The molecule has 0 bridgehead atoms. The molecule has 0 amide bonds. The van der Waals surface area contributed by atoms with Gasteiger partial charge in [-0.05, 0) is 44.8 Å². The van der Waals surface area contributed by atoms with Crippen molar-refractivity contribution in [2.24, 2.45) is 5.92 Å². The molecule has 1 heterocycles. The predicted octanol–water partition coefficient (Wildman–Crippen LogP) is 2.25. The molecule has 0 aromatic heterocycles. The number of hydrogen-bond donors (Lipinski definition) is 1. The fourth-order valence-electron chi connectivity index (χ4n) is 3.16. The van der Waals surface area contributed by atoms with Gasteiger partial charge in [0.2, 0.25) is 0 Å². The highest BCUT2D eigenvalue weighted by molar-refractivity contribution is 4.84. The molecule has 88 valence electrons. The lowest BCUT2D eigenvalue weighted by molar-refractivity contribution is 0.185. The fourth-order valence-corrected chi connectivity index (χ4v) is 3.16. The normalized spacial score (nSPS) is 29.8. The number of rotatable bonds is 4. The standard InChI is InChI=1S/C13H26N2/c1-2-14-10-12-8-9-15(11-12)13-6-4-3-5-7-13/h12-14H,2-11H2,1H3. The Balaban J connectivity index is 1.71. The maximum absolute atomic E-state index is 3.49. The lowest BCUT2D eigenvalue weighted by Crippen LogP contribution is -2.35. The molecule has 2 fully saturated rings. The Morgan fingerprint density at radius 1 is 1.13 bits per heavy atom. The third-order valence-electron chi connectivity index (χ3n) is 4.09. The summed E-state index contributed by atoms with van der Waals surface area (Å²) in [5, 5.41) is 3.49. The van der Waals surface area contributed by atoms with E-state index in [0.29, 0.717) is 0 Å². The molecule has 15 heavy (non-hydrogen) atoms. The summed E-state index contributed by atoms with van der Waals surface area (Å²) in [4.78, 5) is 2.77. The van der Waals surface area contributed by atoms with E-state index in [4.69, 9.17) is 0 Å². The van der Waals surface area contributed by atoms with Crippen molar-refractivity contribution in [1.82, 2.24) is 10.2 Å². The van der Waals surface area contributed by atoms with Crippen LogP contribution in [0.15, 0.2) is 0 Å². The van der Waals surface area contributed by atoms with E-state index in [0.717, 1.165) is 18.5 Å². The van der Waals surface area contributed by atoms with Crippen molar-refractivity contribution in [2.45, 2.75) is 51.5 Å². The van der Waals surface area contributed by atoms with Crippen molar-refractivity contribution in [2.75, 3.05) is 26.2 Å². The van der Waals surface area contributed by atoms with Crippen molar-refractivity contribution in [3.05, 3.63) is 0 Å². The number of likely N-dealkylation sites (tertiary alicyclic amines) is 1. The molecule has 2 aliphatic rings. The average molecular weight is 210 g/mol. The summed E-state index contributed by atoms with van der Waals surface area (Å²) in [5.41, 5.74) is 0. The Hall–Kier alpha value is -0.0800. The summed E-state index contributed by atoms with van der Waals surface area (Å²) in [6.45, 7) is 7.28. The second kappa shape index (κ2) is 5.86. The van der Waals surface area contributed by atoms with Gasteiger partial charge in [0.1, 0.15) is 0 Å². The third-order valence-corrected chi connectivity index (χ3v) is 4.09. The molecule has 0 aromatic carbocycles. The molecule has 1 saturated heterocycles. The van der Waals surface area contributed by atoms with E-state index in [-0.39, 0.29) is 0 Å². The van der Waals surface area contributed by atoms with Crippen LogP contribution in [-0.2, 0) is 0 Å². The molecule has 2 rings (SSSR count). The molecule has 2 heteroatoms. The van der Waals surface area contributed by atoms with Crippen LogP contribution < -0.4 is 5.32 Å². The van der Waals surface area contributed by atoms with Gasteiger partial charge in [-0.2, -0.15) is 0 Å². The minimum absolute atomic E-state index is 0.923. The van der Waals surface area contributed by atoms with Gasteiger partial charge in [-0.1, -0.05) is 26.2 Å². The highest BCUT2D eigenvalue weighted by Gasteiger charge is 2.28. The summed E-state index contributed by atoms with van der Waals surface area (Å²) >= 11 is 0. The van der Waals surface area contributed by atoms with Gasteiger partial charge >= 0.3 is 0 Å². The van der Waals surface area contributed by atoms with Crippen LogP contribution in [0, 0.1) is 5.92 Å². The third kappa shape index (κ3) is 3.18. The Labute approximate surface area is 94.4 Å². The highest BCUT2D eigenvalue weighted by Crippen LogP contribution is 2.27. The summed E-state index contributed by atoms with van der Waals surface area (Å²) < 4.78 is 0. The quantitative estimate of drug-likeness (QED) is 0.765. The number of nitrogens with one attached hydrogen (secondary N) is 1. The fraction of sp³-hybridized carbons (Fsp3) is 1.00. The van der Waals surface area contributed by atoms with Gasteiger partial charge in [-0.25, -0.2) is 0 Å². The molecule has 1 atom stereocenters. The summed E-state index contributed by atoms with van der Waals surface area (Å²) in [5.74, 6) is 0.923. The van der Waals surface area contributed by atoms with E-state index < -0.39 is 0 Å². The van der Waals surface area contributed by atoms with E-state index >= 15 is 0 Å². The molecular weight excluding hydrogens is 184 g/mol. The monoisotopic (exact) mass is 210 g/mol. The first-order chi connectivity index (χ1) is 7.40. The van der Waals surface area contributed by atoms with Crippen LogP contribution >= 0.6 is 0 Å². The summed E-state index contributed by atoms with van der Waals surface area (Å²) in [6, 6.07) is 0.936. The van der Waals surface area contributed by atoms with Crippen molar-refractivity contribution in [1.29, 1.82) is 0 Å². The van der Waals surface area contributed by atoms with Crippen LogP contribution in [0.25, 0.3) is 0 Å². The van der Waals surface area contributed by atoms with Crippen molar-refractivity contribution >= 4 is 0 Å². The molecule has 1 saturated carbocycles. The molecule has 2 nitrogen and oxygen atoms in total. The molecule has 0 radical (unpaired) electrons. The Morgan fingerprint density at radius 2 is 1.93 bits per heavy atom. The molecule has 1 aliphatic carbocycles. The zero-order chi connectivity index (χ0) is 10.5. The average Bonchev–Trinajstić information content (AvgIpc) is 2.76. The van der Waals surface area contributed by atoms with Crippen LogP contribution in [0.1, 0.15) is 45.4 Å². The van der Waals surface area contributed by atoms with E-state index in [1.165, 1.54) is 58.2 Å². The van der Waals surface area contributed by atoms with E-state index in [1.54, 1.807) is 0 Å². The van der Waals surface area contributed by atoms with Crippen molar-refractivity contribution in [3.63, 3.8) is 0 Å². The van der Waals surface area contributed by atoms with E-state index in [9.17, 15) is 0 Å². The van der Waals surface area contributed by atoms with E-state index in [2.05, 4.69) is 17.1 Å². The SMILES string of the molecule is CCNCC1CCN(C2CCCCC2)C1. The van der Waals surface area contributed by atoms with Gasteiger partial charge in [0.25, 0.3) is 0 Å². The second-order valence-electron chi connectivity index (χ2n) is 5.25. The zero-order valence-electron chi connectivity index (χ0n) is 10.2. The van der Waals surface area contributed by atoms with Crippen molar-refractivity contribution < 1.29 is 0 Å². The first-order valence-electron chi connectivity index (χ1n) is 6.85. The maximum atomic E-state index is 3.49. The van der Waals surface area contributed by atoms with Gasteiger partial charge in [0.05, 0.1) is 0 Å². The summed E-state index contributed by atoms with van der Waals surface area (Å²) in [7, 11) is 0. The van der Waals surface area contributed by atoms with Gasteiger partial charge in [0.15, 0.2) is 0 Å². The minimum Gasteiger partial charge on any atom is -0.317 e. The highest BCUT2D eigenvalue weighted by atomic mass is 15.2. The van der Waals surface area contributed by atoms with Gasteiger partial charge < -0.3 is 10.2 Å². The zero-order valence-corrected chi connectivity index (χ0v) is 10.2. The maximum Gasteiger partial charge on any atom is 0.00953 e. The lowest BCUT2D eigenvalue weighted by atomic mass is 9.94. The predicted molar refractivity (Wildman–Crippen MR) is 65.1 cm³/mol. The molecular formula is C13H26N2. The minimum atomic E-state index is 0.923. The summed E-state index contributed by atoms with van der Waals surface area (Å²) in [6.07, 6.45) is 8.77. The molecule has 1 unspecified atom stereocenters. The van der Waals surface area contributed by atoms with Crippen LogP contribution in [0.5, 0.6) is 0 Å². The van der Waals surface area contributed by atoms with Gasteiger partial charge in [-0.3, -0.25) is 0 Å². The van der Waals surface area contributed by atoms with Gasteiger partial charge in [-0.15, -0.1) is 0 Å². The number of hydrogen-bond acceptors (Lipinski definition) is 2. The smallest absolute Gasteiger partial charge is 0.00953 e. The molecule has 0 spiro atoms. The number of nitrogens with zero attached hydrogens (tertiary/aromatic N) is 1. The van der Waals surface area contributed by atoms with E-state index in [1.807, 2.05) is 0 Å². The molecule has 0 aromatic rings. The van der Waals surface area contributed by atoms with Crippen LogP contribution in [0.3, 0.4) is 0 Å². The largest absolute Gasteiger partial charge is 0.317 e. The Kier molecular flexibility index (Phi) is 4.45. The molecule has 1 aliphatic heterocycles. The lowest BCUT2D eigenvalue weighted by Gasteiger charge is -2.31. The Bertz CT molecular complexity index is 175. The topological polar surface area (TPSA) is 15.3 Å². The van der Waals surface area contributed by atoms with Crippen LogP contribution in [0.2, 0.25) is 0 Å². The second-order valence-corrected chi connectivity index (χ2v) is 5.25. The van der Waals surface area contributed by atoms with Gasteiger partial charge in [0, 0.05) is 12.6 Å².